The van der Waals surface area contributed by atoms with Crippen molar-refractivity contribution in [1.29, 1.82) is 0 Å². The summed E-state index contributed by atoms with van der Waals surface area (Å²) in [4.78, 5) is 31.1. The predicted molar refractivity (Wildman–Crippen MR) is 130 cm³/mol. The summed E-state index contributed by atoms with van der Waals surface area (Å²) in [6.45, 7) is 3.40. The molecule has 1 aliphatic heterocycles. The van der Waals surface area contributed by atoms with Gasteiger partial charge in [0.1, 0.15) is 4.34 Å². The first-order valence-corrected chi connectivity index (χ1v) is 12.4. The van der Waals surface area contributed by atoms with Crippen LogP contribution in [-0.4, -0.2) is 34.3 Å². The number of thiazole rings is 1. The van der Waals surface area contributed by atoms with Crippen LogP contribution in [0.3, 0.4) is 0 Å². The van der Waals surface area contributed by atoms with Crippen molar-refractivity contribution in [3.05, 3.63) is 76.3 Å². The summed E-state index contributed by atoms with van der Waals surface area (Å²) < 4.78 is 1.05. The molecule has 0 bridgehead atoms. The number of hydrogen-bond acceptors (Lipinski definition) is 6. The molecule has 1 aromatic heterocycles. The Morgan fingerprint density at radius 2 is 2.00 bits per heavy atom. The van der Waals surface area contributed by atoms with Crippen molar-refractivity contribution in [1.82, 2.24) is 9.88 Å². The number of para-hydroxylation sites is 1. The standard InChI is InChI=1S/C24H26N4O2S2/c1-16-14-31-24(26-16)32-15-17-8-10-18(11-9-17)23(30)27-20-6-3-2-5-19(20)13-28-12-4-7-21(28)22(25)29/h2-3,5-6,8-11,14,21H,4,7,12-13,15H2,1H3,(H2,25,29)(H,27,30). The third kappa shape index (κ3) is 5.56. The van der Waals surface area contributed by atoms with Crippen LogP contribution in [0.4, 0.5) is 5.69 Å². The highest BCUT2D eigenvalue weighted by atomic mass is 32.2. The maximum absolute atomic E-state index is 12.9. The van der Waals surface area contributed by atoms with E-state index in [9.17, 15) is 9.59 Å². The lowest BCUT2D eigenvalue weighted by atomic mass is 10.1. The van der Waals surface area contributed by atoms with Gasteiger partial charge in [0.2, 0.25) is 5.91 Å². The largest absolute Gasteiger partial charge is 0.368 e. The predicted octanol–water partition coefficient (Wildman–Crippen LogP) is 4.45. The topological polar surface area (TPSA) is 88.3 Å². The molecule has 4 rings (SSSR count). The van der Waals surface area contributed by atoms with Crippen molar-refractivity contribution < 1.29 is 9.59 Å². The van der Waals surface area contributed by atoms with Gasteiger partial charge in [-0.15, -0.1) is 11.3 Å². The number of nitrogens with zero attached hydrogens (tertiary/aromatic N) is 2. The summed E-state index contributed by atoms with van der Waals surface area (Å²) in [6, 6.07) is 15.1. The number of nitrogens with one attached hydrogen (secondary N) is 1. The monoisotopic (exact) mass is 466 g/mol. The van der Waals surface area contributed by atoms with E-state index in [1.807, 2.05) is 60.8 Å². The summed E-state index contributed by atoms with van der Waals surface area (Å²) >= 11 is 3.35. The Labute approximate surface area is 196 Å². The number of likely N-dealkylation sites (tertiary alicyclic amines) is 1. The average molecular weight is 467 g/mol. The summed E-state index contributed by atoms with van der Waals surface area (Å²) in [6.07, 6.45) is 1.74. The van der Waals surface area contributed by atoms with Gasteiger partial charge in [-0.3, -0.25) is 14.5 Å². The zero-order valence-corrected chi connectivity index (χ0v) is 19.5. The first-order chi connectivity index (χ1) is 15.5. The number of carbonyl (C=O) groups excluding carboxylic acids is 2. The Morgan fingerprint density at radius 1 is 1.22 bits per heavy atom. The van der Waals surface area contributed by atoms with Gasteiger partial charge in [-0.2, -0.15) is 0 Å². The molecule has 8 heteroatoms. The molecule has 0 saturated carbocycles. The number of anilines is 1. The van der Waals surface area contributed by atoms with E-state index in [1.165, 1.54) is 0 Å². The maximum Gasteiger partial charge on any atom is 0.255 e. The van der Waals surface area contributed by atoms with Crippen LogP contribution in [0.5, 0.6) is 0 Å². The van der Waals surface area contributed by atoms with E-state index in [0.717, 1.165) is 52.0 Å². The minimum atomic E-state index is -0.285. The lowest BCUT2D eigenvalue weighted by Crippen LogP contribution is -2.39. The number of aryl methyl sites for hydroxylation is 1. The smallest absolute Gasteiger partial charge is 0.255 e. The number of carbonyl (C=O) groups is 2. The van der Waals surface area contributed by atoms with Crippen LogP contribution in [0.15, 0.2) is 58.3 Å². The molecule has 2 amide bonds. The summed E-state index contributed by atoms with van der Waals surface area (Å²) in [7, 11) is 0. The number of thioether (sulfide) groups is 1. The number of primary amides is 1. The molecule has 1 fully saturated rings. The van der Waals surface area contributed by atoms with Gasteiger partial charge in [-0.25, -0.2) is 4.98 Å². The quantitative estimate of drug-likeness (QED) is 0.479. The second-order valence-corrected chi connectivity index (χ2v) is 9.96. The van der Waals surface area contributed by atoms with Crippen LogP contribution in [0.25, 0.3) is 0 Å². The second kappa shape index (κ2) is 10.3. The fraction of sp³-hybridized carbons (Fsp3) is 0.292. The molecule has 0 aliphatic carbocycles. The van der Waals surface area contributed by atoms with Gasteiger partial charge in [0.05, 0.1) is 6.04 Å². The van der Waals surface area contributed by atoms with Crippen LogP contribution >= 0.6 is 23.1 Å². The van der Waals surface area contributed by atoms with Crippen molar-refractivity contribution in [2.45, 2.75) is 42.4 Å². The Kier molecular flexibility index (Phi) is 7.24. The van der Waals surface area contributed by atoms with Crippen LogP contribution in [0.2, 0.25) is 0 Å². The van der Waals surface area contributed by atoms with Crippen molar-refractivity contribution >= 4 is 40.6 Å². The molecule has 6 nitrogen and oxygen atoms in total. The zero-order chi connectivity index (χ0) is 22.5. The first kappa shape index (κ1) is 22.5. The molecule has 0 radical (unpaired) electrons. The molecule has 32 heavy (non-hydrogen) atoms. The molecule has 3 aromatic rings. The number of aromatic nitrogens is 1. The van der Waals surface area contributed by atoms with Crippen molar-refractivity contribution in [2.24, 2.45) is 5.73 Å². The highest BCUT2D eigenvalue weighted by molar-refractivity contribution is 8.00. The van der Waals surface area contributed by atoms with Crippen molar-refractivity contribution in [2.75, 3.05) is 11.9 Å². The summed E-state index contributed by atoms with van der Waals surface area (Å²) in [5.74, 6) is 0.376. The average Bonchev–Trinajstić information content (AvgIpc) is 3.43. The Balaban J connectivity index is 1.39. The summed E-state index contributed by atoms with van der Waals surface area (Å²) in [5.41, 5.74) is 10.1. The molecule has 1 saturated heterocycles. The molecule has 166 valence electrons. The third-order valence-electron chi connectivity index (χ3n) is 5.51. The van der Waals surface area contributed by atoms with E-state index >= 15 is 0 Å². The lowest BCUT2D eigenvalue weighted by Gasteiger charge is -2.23. The number of benzene rings is 2. The van der Waals surface area contributed by atoms with Gasteiger partial charge >= 0.3 is 0 Å². The Morgan fingerprint density at radius 3 is 2.72 bits per heavy atom. The van der Waals surface area contributed by atoms with E-state index in [1.54, 1.807) is 23.1 Å². The minimum absolute atomic E-state index is 0.153. The lowest BCUT2D eigenvalue weighted by molar-refractivity contribution is -0.122. The number of rotatable bonds is 8. The molecule has 1 aliphatic rings. The van der Waals surface area contributed by atoms with E-state index in [-0.39, 0.29) is 17.9 Å². The van der Waals surface area contributed by atoms with Crippen molar-refractivity contribution in [3.63, 3.8) is 0 Å². The summed E-state index contributed by atoms with van der Waals surface area (Å²) in [5, 5.41) is 5.08. The maximum atomic E-state index is 12.9. The minimum Gasteiger partial charge on any atom is -0.368 e. The van der Waals surface area contributed by atoms with E-state index in [0.29, 0.717) is 12.1 Å². The molecular weight excluding hydrogens is 440 g/mol. The Bertz CT molecular complexity index is 1100. The number of hydrogen-bond donors (Lipinski definition) is 2. The second-order valence-electron chi connectivity index (χ2n) is 7.88. The van der Waals surface area contributed by atoms with Gasteiger partial charge in [0.25, 0.3) is 5.91 Å². The first-order valence-electron chi connectivity index (χ1n) is 10.6. The molecule has 1 atom stereocenters. The molecular formula is C24H26N4O2S2. The van der Waals surface area contributed by atoms with Gasteiger partial charge in [-0.1, -0.05) is 42.1 Å². The van der Waals surface area contributed by atoms with Gasteiger partial charge < -0.3 is 11.1 Å². The highest BCUT2D eigenvalue weighted by Gasteiger charge is 2.29. The SMILES string of the molecule is Cc1csc(SCc2ccc(C(=O)Nc3ccccc3CN3CCCC3C(N)=O)cc2)n1. The Hall–Kier alpha value is -2.68. The fourth-order valence-electron chi connectivity index (χ4n) is 3.83. The van der Waals surface area contributed by atoms with Gasteiger partial charge in [-0.05, 0) is 55.6 Å². The molecule has 1 unspecified atom stereocenters. The molecule has 3 N–H and O–H groups in total. The normalized spacial score (nSPS) is 16.2. The van der Waals surface area contributed by atoms with E-state index in [4.69, 9.17) is 5.73 Å². The van der Waals surface area contributed by atoms with Crippen LogP contribution < -0.4 is 11.1 Å². The van der Waals surface area contributed by atoms with Crippen LogP contribution in [0, 0.1) is 6.92 Å². The number of amides is 2. The fourth-order valence-corrected chi connectivity index (χ4v) is 5.63. The molecule has 2 heterocycles. The third-order valence-corrected chi connectivity index (χ3v) is 7.72. The number of nitrogens with two attached hydrogens (primary N) is 1. The molecule has 2 aromatic carbocycles. The van der Waals surface area contributed by atoms with Gasteiger partial charge in [0, 0.05) is 34.6 Å². The van der Waals surface area contributed by atoms with E-state index < -0.39 is 0 Å². The highest BCUT2D eigenvalue weighted by Crippen LogP contribution is 2.27. The van der Waals surface area contributed by atoms with Crippen molar-refractivity contribution in [3.8, 4) is 0 Å². The zero-order valence-electron chi connectivity index (χ0n) is 17.9. The van der Waals surface area contributed by atoms with Crippen LogP contribution in [-0.2, 0) is 17.1 Å². The van der Waals surface area contributed by atoms with E-state index in [2.05, 4.69) is 15.2 Å². The van der Waals surface area contributed by atoms with Gasteiger partial charge in [0.15, 0.2) is 0 Å². The van der Waals surface area contributed by atoms with Crippen LogP contribution in [0.1, 0.15) is 40.0 Å². The molecule has 0 spiro atoms.